The van der Waals surface area contributed by atoms with Crippen LogP contribution in [0.4, 0.5) is 4.79 Å². The summed E-state index contributed by atoms with van der Waals surface area (Å²) in [5, 5.41) is 15.3. The van der Waals surface area contributed by atoms with Gasteiger partial charge in [0.1, 0.15) is 6.04 Å². The molecule has 0 aromatic rings. The number of amides is 2. The van der Waals surface area contributed by atoms with Crippen LogP contribution in [0.5, 0.6) is 0 Å². The molecule has 0 aromatic carbocycles. The number of nitrogens with two attached hydrogens (primary N) is 1. The average molecular weight is 451 g/mol. The van der Waals surface area contributed by atoms with E-state index < -0.39 is 18.0 Å². The van der Waals surface area contributed by atoms with E-state index >= 15 is 0 Å². The maximum absolute atomic E-state index is 12.7. The minimum Gasteiger partial charge on any atom is -0.480 e. The second-order valence-corrected chi connectivity index (χ2v) is 11.0. The predicted molar refractivity (Wildman–Crippen MR) is 122 cm³/mol. The van der Waals surface area contributed by atoms with E-state index in [1.807, 2.05) is 0 Å². The van der Waals surface area contributed by atoms with Gasteiger partial charge in [0.25, 0.3) is 0 Å². The minimum atomic E-state index is -0.987. The number of hydrogen-bond acceptors (Lipinski definition) is 5. The number of aliphatic carboxylic acids is 1. The van der Waals surface area contributed by atoms with Gasteiger partial charge in [0.15, 0.2) is 0 Å². The molecule has 8 heteroatoms. The van der Waals surface area contributed by atoms with Gasteiger partial charge in [-0.05, 0) is 68.6 Å². The normalized spacial score (nSPS) is 34.0. The third-order valence-corrected chi connectivity index (χ3v) is 8.38. The van der Waals surface area contributed by atoms with Crippen LogP contribution in [-0.2, 0) is 9.63 Å². The van der Waals surface area contributed by atoms with Crippen LogP contribution in [0, 0.1) is 23.7 Å². The number of carbonyl (C=O) groups is 2. The first-order valence-corrected chi connectivity index (χ1v) is 12.9. The van der Waals surface area contributed by atoms with Crippen LogP contribution in [0.25, 0.3) is 0 Å². The first-order chi connectivity index (χ1) is 15.5. The van der Waals surface area contributed by atoms with Crippen molar-refractivity contribution in [3.8, 4) is 0 Å². The molecule has 2 bridgehead atoms. The first kappa shape index (κ1) is 23.8. The van der Waals surface area contributed by atoms with Crippen molar-refractivity contribution in [2.24, 2.45) is 29.4 Å². The van der Waals surface area contributed by atoms with Crippen molar-refractivity contribution in [2.75, 3.05) is 6.61 Å². The van der Waals surface area contributed by atoms with Crippen LogP contribution < -0.4 is 21.8 Å². The van der Waals surface area contributed by atoms with Gasteiger partial charge in [-0.3, -0.25) is 4.84 Å². The molecule has 0 heterocycles. The van der Waals surface area contributed by atoms with E-state index in [9.17, 15) is 14.7 Å². The molecule has 0 spiro atoms. The fourth-order valence-corrected chi connectivity index (χ4v) is 6.56. The fourth-order valence-electron chi connectivity index (χ4n) is 6.56. The van der Waals surface area contributed by atoms with E-state index in [0.717, 1.165) is 31.1 Å². The maximum Gasteiger partial charge on any atom is 0.326 e. The van der Waals surface area contributed by atoms with Crippen LogP contribution in [0.1, 0.15) is 83.5 Å². The maximum atomic E-state index is 12.7. The summed E-state index contributed by atoms with van der Waals surface area (Å²) < 4.78 is 0. The second-order valence-electron chi connectivity index (χ2n) is 11.0. The minimum absolute atomic E-state index is 0.129. The molecule has 0 saturated heterocycles. The molecule has 4 rings (SSSR count). The topological polar surface area (TPSA) is 126 Å². The summed E-state index contributed by atoms with van der Waals surface area (Å²) in [5.74, 6) is 1.45. The van der Waals surface area contributed by atoms with Gasteiger partial charge >= 0.3 is 12.0 Å². The molecule has 0 aliphatic heterocycles. The molecule has 32 heavy (non-hydrogen) atoms. The summed E-state index contributed by atoms with van der Waals surface area (Å²) in [6, 6.07) is -0.817. The molecule has 4 saturated carbocycles. The zero-order chi connectivity index (χ0) is 22.5. The summed E-state index contributed by atoms with van der Waals surface area (Å²) in [6.07, 6.45) is 14.3. The van der Waals surface area contributed by atoms with Crippen molar-refractivity contribution in [2.45, 2.75) is 108 Å². The van der Waals surface area contributed by atoms with Crippen molar-refractivity contribution >= 4 is 12.0 Å². The van der Waals surface area contributed by atoms with E-state index in [1.54, 1.807) is 0 Å². The summed E-state index contributed by atoms with van der Waals surface area (Å²) in [4.78, 5) is 30.3. The van der Waals surface area contributed by atoms with Crippen molar-refractivity contribution < 1.29 is 19.5 Å². The Morgan fingerprint density at radius 3 is 2.34 bits per heavy atom. The Morgan fingerprint density at radius 1 is 0.938 bits per heavy atom. The lowest BCUT2D eigenvalue weighted by Crippen LogP contribution is -2.52. The highest BCUT2D eigenvalue weighted by atomic mass is 16.6. The lowest BCUT2D eigenvalue weighted by Gasteiger charge is -2.34. The van der Waals surface area contributed by atoms with E-state index in [4.69, 9.17) is 10.6 Å². The molecular weight excluding hydrogens is 408 g/mol. The molecular formula is C24H42N4O4. The molecule has 4 unspecified atom stereocenters. The summed E-state index contributed by atoms with van der Waals surface area (Å²) in [6.45, 7) is 0.410. The SMILES string of the molecule is N[C@H]1C[C@H](CC(NC(=O)N[C@@H](CONC2CC3CCC2C3)CC2CCCCC2)C(=O)O)C1. The highest BCUT2D eigenvalue weighted by Gasteiger charge is 2.39. The number of hydroxylamine groups is 1. The Balaban J connectivity index is 1.25. The Kier molecular flexibility index (Phi) is 8.29. The smallest absolute Gasteiger partial charge is 0.326 e. The van der Waals surface area contributed by atoms with Gasteiger partial charge in [-0.25, -0.2) is 9.59 Å². The summed E-state index contributed by atoms with van der Waals surface area (Å²) in [5.41, 5.74) is 9.10. The highest BCUT2D eigenvalue weighted by molar-refractivity contribution is 5.82. The van der Waals surface area contributed by atoms with Gasteiger partial charge in [-0.15, -0.1) is 0 Å². The zero-order valence-electron chi connectivity index (χ0n) is 19.3. The van der Waals surface area contributed by atoms with Gasteiger partial charge in [0.2, 0.25) is 0 Å². The number of fused-ring (bicyclic) bond motifs is 2. The predicted octanol–water partition coefficient (Wildman–Crippen LogP) is 2.92. The number of urea groups is 1. The Bertz CT molecular complexity index is 635. The zero-order valence-corrected chi connectivity index (χ0v) is 19.3. The molecule has 4 aliphatic carbocycles. The molecule has 5 atom stereocenters. The lowest BCUT2D eigenvalue weighted by molar-refractivity contribution is -0.139. The van der Waals surface area contributed by atoms with Crippen molar-refractivity contribution in [3.05, 3.63) is 0 Å². The van der Waals surface area contributed by atoms with Crippen LogP contribution in [-0.4, -0.2) is 47.9 Å². The van der Waals surface area contributed by atoms with Crippen LogP contribution >= 0.6 is 0 Å². The first-order valence-electron chi connectivity index (χ1n) is 12.9. The Labute approximate surface area is 191 Å². The van der Waals surface area contributed by atoms with Gasteiger partial charge in [-0.1, -0.05) is 38.5 Å². The molecule has 182 valence electrons. The van der Waals surface area contributed by atoms with Crippen LogP contribution in [0.2, 0.25) is 0 Å². The van der Waals surface area contributed by atoms with E-state index in [1.165, 1.54) is 57.8 Å². The number of carboxylic acids is 1. The third kappa shape index (κ3) is 6.58. The quantitative estimate of drug-likeness (QED) is 0.308. The molecule has 2 amide bonds. The van der Waals surface area contributed by atoms with Gasteiger partial charge in [-0.2, -0.15) is 5.48 Å². The highest BCUT2D eigenvalue weighted by Crippen LogP contribution is 2.44. The van der Waals surface area contributed by atoms with Crippen molar-refractivity contribution in [1.82, 2.24) is 16.1 Å². The molecule has 8 nitrogen and oxygen atoms in total. The van der Waals surface area contributed by atoms with Gasteiger partial charge in [0, 0.05) is 12.1 Å². The largest absolute Gasteiger partial charge is 0.480 e. The standard InChI is InChI=1S/C24H42N4O4/c25-19-9-17(10-19)13-22(23(29)30)27-24(31)26-20(11-15-4-2-1-3-5-15)14-32-28-21-12-16-6-7-18(21)8-16/h15-22,28H,1-14,25H2,(H,29,30)(H2,26,27,31)/t16?,17-,18?,19-,20-,21?,22?/m1/s1. The van der Waals surface area contributed by atoms with E-state index in [2.05, 4.69) is 16.1 Å². The second kappa shape index (κ2) is 11.2. The Hall–Kier alpha value is -1.38. The Morgan fingerprint density at radius 2 is 1.72 bits per heavy atom. The van der Waals surface area contributed by atoms with Crippen molar-refractivity contribution in [3.63, 3.8) is 0 Å². The average Bonchev–Trinajstić information content (AvgIpc) is 3.36. The fraction of sp³-hybridized carbons (Fsp3) is 0.917. The third-order valence-electron chi connectivity index (χ3n) is 8.38. The molecule has 4 aliphatic rings. The van der Waals surface area contributed by atoms with Gasteiger partial charge < -0.3 is 21.5 Å². The number of carbonyl (C=O) groups excluding carboxylic acids is 1. The van der Waals surface area contributed by atoms with E-state index in [-0.39, 0.29) is 18.0 Å². The molecule has 0 radical (unpaired) electrons. The molecule has 6 N–H and O–H groups in total. The monoisotopic (exact) mass is 450 g/mol. The summed E-state index contributed by atoms with van der Waals surface area (Å²) >= 11 is 0. The number of carboxylic acid groups (broad SMARTS) is 1. The van der Waals surface area contributed by atoms with E-state index in [0.29, 0.717) is 25.0 Å². The number of rotatable bonds is 11. The van der Waals surface area contributed by atoms with Crippen molar-refractivity contribution in [1.29, 1.82) is 0 Å². The molecule has 0 aromatic heterocycles. The molecule has 4 fully saturated rings. The summed E-state index contributed by atoms with van der Waals surface area (Å²) in [7, 11) is 0. The number of nitrogens with one attached hydrogen (secondary N) is 3. The van der Waals surface area contributed by atoms with Gasteiger partial charge in [0.05, 0.1) is 12.6 Å². The number of hydrogen-bond donors (Lipinski definition) is 5. The van der Waals surface area contributed by atoms with Crippen LogP contribution in [0.3, 0.4) is 0 Å². The lowest BCUT2D eigenvalue weighted by atomic mass is 9.77. The van der Waals surface area contributed by atoms with Crippen LogP contribution in [0.15, 0.2) is 0 Å².